The van der Waals surface area contributed by atoms with Crippen LogP contribution < -0.4 is 0 Å². The van der Waals surface area contributed by atoms with E-state index in [0.717, 1.165) is 31.7 Å². The predicted octanol–water partition coefficient (Wildman–Crippen LogP) is 6.01. The number of Topliss-reactive ketones (excluding diaryl/α,β-unsaturated/α-hetero) is 1. The number of hydrogen-bond donors (Lipinski definition) is 0. The fraction of sp³-hybridized carbons (Fsp3) is 0.560. The number of rotatable bonds is 3. The zero-order chi connectivity index (χ0) is 23.3. The van der Waals surface area contributed by atoms with Crippen LogP contribution in [0.2, 0.25) is 0 Å². The van der Waals surface area contributed by atoms with Crippen molar-refractivity contribution in [1.29, 1.82) is 0 Å². The number of halogens is 3. The summed E-state index contributed by atoms with van der Waals surface area (Å²) in [6, 6.07) is 5.22. The molecule has 32 heavy (non-hydrogen) atoms. The van der Waals surface area contributed by atoms with Crippen LogP contribution in [0.15, 0.2) is 40.5 Å². The number of allylic oxidation sites excluding steroid dienone is 2. The molecule has 0 aromatic heterocycles. The quantitative estimate of drug-likeness (QED) is 0.534. The molecule has 4 nitrogen and oxygen atoms in total. The molecule has 7 heteroatoms. The van der Waals surface area contributed by atoms with Gasteiger partial charge in [-0.3, -0.25) is 14.6 Å². The van der Waals surface area contributed by atoms with E-state index >= 15 is 0 Å². The highest BCUT2D eigenvalue weighted by molar-refractivity contribution is 6.09. The summed E-state index contributed by atoms with van der Waals surface area (Å²) in [4.78, 5) is 31.1. The maximum Gasteiger partial charge on any atom is 0.416 e. The molecular formula is C25H28F3NO3. The second-order valence-corrected chi connectivity index (χ2v) is 9.94. The van der Waals surface area contributed by atoms with Gasteiger partial charge in [-0.1, -0.05) is 32.0 Å². The average molecular weight is 447 g/mol. The number of esters is 1. The van der Waals surface area contributed by atoms with Crippen molar-refractivity contribution < 1.29 is 27.5 Å². The van der Waals surface area contributed by atoms with Crippen molar-refractivity contribution in [3.05, 3.63) is 46.7 Å². The van der Waals surface area contributed by atoms with Gasteiger partial charge in [-0.05, 0) is 56.1 Å². The first-order chi connectivity index (χ1) is 15.0. The SMILES string of the molecule is CC1=NC2=C(C(=O)CC(C)(C)C2)[C@@H](c2ccccc2C(F)(F)F)C1C(=O)OC1CCCC1. The molecule has 0 bridgehead atoms. The monoisotopic (exact) mass is 447 g/mol. The molecule has 0 spiro atoms. The van der Waals surface area contributed by atoms with E-state index < -0.39 is 29.5 Å². The summed E-state index contributed by atoms with van der Waals surface area (Å²) in [7, 11) is 0. The number of benzene rings is 1. The van der Waals surface area contributed by atoms with Gasteiger partial charge in [-0.25, -0.2) is 0 Å². The summed E-state index contributed by atoms with van der Waals surface area (Å²) in [5, 5.41) is 0. The third kappa shape index (κ3) is 4.26. The number of aliphatic imine (C=N–C) groups is 1. The van der Waals surface area contributed by atoms with Gasteiger partial charge in [0.1, 0.15) is 12.0 Å². The first kappa shape index (κ1) is 22.7. The molecule has 0 N–H and O–H groups in total. The summed E-state index contributed by atoms with van der Waals surface area (Å²) in [5.41, 5.74) is -0.105. The van der Waals surface area contributed by atoms with Crippen molar-refractivity contribution in [2.24, 2.45) is 16.3 Å². The molecule has 1 aromatic rings. The van der Waals surface area contributed by atoms with Crippen molar-refractivity contribution in [2.45, 2.75) is 77.5 Å². The van der Waals surface area contributed by atoms with Crippen molar-refractivity contribution in [3.8, 4) is 0 Å². The van der Waals surface area contributed by atoms with Gasteiger partial charge in [0.05, 0.1) is 5.56 Å². The van der Waals surface area contributed by atoms with Crippen LogP contribution in [0.4, 0.5) is 13.2 Å². The highest BCUT2D eigenvalue weighted by atomic mass is 19.4. The van der Waals surface area contributed by atoms with E-state index in [1.165, 1.54) is 18.2 Å². The van der Waals surface area contributed by atoms with Gasteiger partial charge in [0.2, 0.25) is 0 Å². The van der Waals surface area contributed by atoms with Gasteiger partial charge >= 0.3 is 12.1 Å². The second-order valence-electron chi connectivity index (χ2n) is 9.94. The molecular weight excluding hydrogens is 419 g/mol. The maximum absolute atomic E-state index is 14.0. The van der Waals surface area contributed by atoms with Gasteiger partial charge < -0.3 is 4.74 Å². The summed E-state index contributed by atoms with van der Waals surface area (Å²) >= 11 is 0. The third-order valence-electron chi connectivity index (χ3n) is 6.74. The van der Waals surface area contributed by atoms with E-state index in [1.807, 2.05) is 13.8 Å². The van der Waals surface area contributed by atoms with Crippen LogP contribution in [0.3, 0.4) is 0 Å². The lowest BCUT2D eigenvalue weighted by atomic mass is 9.66. The fourth-order valence-electron chi connectivity index (χ4n) is 5.36. The van der Waals surface area contributed by atoms with E-state index in [-0.39, 0.29) is 34.9 Å². The first-order valence-electron chi connectivity index (χ1n) is 11.2. The molecule has 1 fully saturated rings. The van der Waals surface area contributed by atoms with Crippen LogP contribution >= 0.6 is 0 Å². The minimum Gasteiger partial charge on any atom is -0.462 e. The Labute approximate surface area is 185 Å². The van der Waals surface area contributed by atoms with E-state index in [2.05, 4.69) is 4.99 Å². The molecule has 2 atom stereocenters. The number of hydrogen-bond acceptors (Lipinski definition) is 4. The van der Waals surface area contributed by atoms with Crippen LogP contribution in [0.5, 0.6) is 0 Å². The van der Waals surface area contributed by atoms with Crippen molar-refractivity contribution >= 4 is 17.5 Å². The van der Waals surface area contributed by atoms with Crippen LogP contribution in [-0.4, -0.2) is 23.6 Å². The fourth-order valence-corrected chi connectivity index (χ4v) is 5.36. The Bertz CT molecular complexity index is 1000. The zero-order valence-corrected chi connectivity index (χ0v) is 18.6. The first-order valence-corrected chi connectivity index (χ1v) is 11.2. The summed E-state index contributed by atoms with van der Waals surface area (Å²) < 4.78 is 47.6. The molecule has 2 aliphatic carbocycles. The van der Waals surface area contributed by atoms with Gasteiger partial charge in [0.25, 0.3) is 0 Å². The Morgan fingerprint density at radius 1 is 1.12 bits per heavy atom. The van der Waals surface area contributed by atoms with Gasteiger partial charge in [-0.15, -0.1) is 0 Å². The highest BCUT2D eigenvalue weighted by Crippen LogP contribution is 2.50. The number of ketones is 1. The Hall–Kier alpha value is -2.44. The minimum atomic E-state index is -4.61. The smallest absolute Gasteiger partial charge is 0.416 e. The molecule has 3 aliphatic rings. The Balaban J connectivity index is 1.86. The molecule has 0 saturated heterocycles. The van der Waals surface area contributed by atoms with Crippen molar-refractivity contribution in [2.75, 3.05) is 0 Å². The largest absolute Gasteiger partial charge is 0.462 e. The maximum atomic E-state index is 14.0. The van der Waals surface area contributed by atoms with Crippen LogP contribution in [-0.2, 0) is 20.5 Å². The lowest BCUT2D eigenvalue weighted by molar-refractivity contribution is -0.152. The zero-order valence-electron chi connectivity index (χ0n) is 18.6. The molecule has 1 aromatic carbocycles. The highest BCUT2D eigenvalue weighted by Gasteiger charge is 2.49. The predicted molar refractivity (Wildman–Crippen MR) is 114 cm³/mol. The van der Waals surface area contributed by atoms with E-state index in [4.69, 9.17) is 4.74 Å². The van der Waals surface area contributed by atoms with Gasteiger partial charge in [-0.2, -0.15) is 13.2 Å². The lowest BCUT2D eigenvalue weighted by Crippen LogP contribution is -2.40. The van der Waals surface area contributed by atoms with Gasteiger partial charge in [0, 0.05) is 29.3 Å². The van der Waals surface area contributed by atoms with E-state index in [9.17, 15) is 22.8 Å². The number of carbonyl (C=O) groups is 2. The molecule has 1 saturated carbocycles. The van der Waals surface area contributed by atoms with Crippen molar-refractivity contribution in [3.63, 3.8) is 0 Å². The van der Waals surface area contributed by atoms with Crippen LogP contribution in [0.1, 0.15) is 76.3 Å². The average Bonchev–Trinajstić information content (AvgIpc) is 3.18. The molecule has 1 aliphatic heterocycles. The lowest BCUT2D eigenvalue weighted by Gasteiger charge is -2.39. The molecule has 0 amide bonds. The topological polar surface area (TPSA) is 55.7 Å². The number of carbonyl (C=O) groups excluding carboxylic acids is 2. The van der Waals surface area contributed by atoms with E-state index in [0.29, 0.717) is 17.8 Å². The molecule has 1 heterocycles. The summed E-state index contributed by atoms with van der Waals surface area (Å²) in [6.07, 6.45) is -0.756. The van der Waals surface area contributed by atoms with Gasteiger partial charge in [0.15, 0.2) is 5.78 Å². The molecule has 0 radical (unpaired) electrons. The minimum absolute atomic E-state index is 0.0665. The van der Waals surface area contributed by atoms with E-state index in [1.54, 1.807) is 6.92 Å². The molecule has 1 unspecified atom stereocenters. The number of alkyl halides is 3. The Morgan fingerprint density at radius 2 is 1.78 bits per heavy atom. The number of nitrogens with zero attached hydrogens (tertiary/aromatic N) is 1. The number of ether oxygens (including phenoxy) is 1. The second kappa shape index (κ2) is 8.16. The van der Waals surface area contributed by atoms with Crippen molar-refractivity contribution in [1.82, 2.24) is 0 Å². The summed E-state index contributed by atoms with van der Waals surface area (Å²) in [6.45, 7) is 5.54. The molecule has 172 valence electrons. The Morgan fingerprint density at radius 3 is 2.44 bits per heavy atom. The molecule has 4 rings (SSSR count). The standard InChI is InChI=1S/C25H28F3NO3/c1-14-20(23(31)32-15-8-4-5-9-15)21(16-10-6-7-11-17(16)25(26,27)28)22-18(29-14)12-24(2,3)13-19(22)30/h6-7,10-11,15,20-21H,4-5,8-9,12-13H2,1-3H3/t20?,21-/m0/s1. The normalized spacial score (nSPS) is 26.1. The van der Waals surface area contributed by atoms with Crippen LogP contribution in [0, 0.1) is 11.3 Å². The summed E-state index contributed by atoms with van der Waals surface area (Å²) in [5.74, 6) is -2.95. The third-order valence-corrected chi connectivity index (χ3v) is 6.74. The van der Waals surface area contributed by atoms with Crippen LogP contribution in [0.25, 0.3) is 0 Å². The Kier molecular flexibility index (Phi) is 5.80.